The first kappa shape index (κ1) is 19.8. The summed E-state index contributed by atoms with van der Waals surface area (Å²) in [7, 11) is 0. The maximum absolute atomic E-state index is 13.3. The molecule has 0 spiro atoms. The van der Waals surface area contributed by atoms with Gasteiger partial charge in [-0.3, -0.25) is 4.79 Å². The third-order valence-corrected chi connectivity index (χ3v) is 6.37. The maximum Gasteiger partial charge on any atom is 0.231 e. The van der Waals surface area contributed by atoms with Crippen LogP contribution in [0.3, 0.4) is 0 Å². The highest BCUT2D eigenvalue weighted by molar-refractivity contribution is 5.95. The predicted octanol–water partition coefficient (Wildman–Crippen LogP) is 3.91. The number of rotatable bonds is 7. The molecular formula is C26H24O5. The van der Waals surface area contributed by atoms with Crippen LogP contribution in [0.25, 0.3) is 11.1 Å². The Morgan fingerprint density at radius 2 is 1.58 bits per heavy atom. The first-order chi connectivity index (χ1) is 15.1. The number of aliphatic hydroxyl groups is 2. The number of ketones is 1. The minimum Gasteiger partial charge on any atom is -0.454 e. The number of aliphatic hydroxyl groups excluding tert-OH is 2. The van der Waals surface area contributed by atoms with Gasteiger partial charge in [0.25, 0.3) is 0 Å². The van der Waals surface area contributed by atoms with Gasteiger partial charge in [0.1, 0.15) is 5.78 Å². The van der Waals surface area contributed by atoms with Crippen LogP contribution in [0.15, 0.2) is 60.7 Å². The topological polar surface area (TPSA) is 76.0 Å². The molecule has 5 heteroatoms. The molecule has 0 amide bonds. The molecule has 5 rings (SSSR count). The molecule has 0 saturated heterocycles. The van der Waals surface area contributed by atoms with Crippen LogP contribution in [0.4, 0.5) is 0 Å². The molecule has 0 unspecified atom stereocenters. The number of hydrogen-bond acceptors (Lipinski definition) is 5. The van der Waals surface area contributed by atoms with Gasteiger partial charge in [0, 0.05) is 6.42 Å². The van der Waals surface area contributed by atoms with Gasteiger partial charge < -0.3 is 19.7 Å². The minimum atomic E-state index is -0.445. The van der Waals surface area contributed by atoms with Crippen molar-refractivity contribution in [3.63, 3.8) is 0 Å². The summed E-state index contributed by atoms with van der Waals surface area (Å²) in [5.74, 6) is 1.63. The molecule has 1 aliphatic heterocycles. The Balaban J connectivity index is 1.41. The fraction of sp³-hybridized carbons (Fsp3) is 0.269. The largest absolute Gasteiger partial charge is 0.454 e. The zero-order valence-electron chi connectivity index (χ0n) is 17.1. The summed E-state index contributed by atoms with van der Waals surface area (Å²) in [6.45, 7) is 0.134. The fourth-order valence-electron chi connectivity index (χ4n) is 4.33. The third-order valence-electron chi connectivity index (χ3n) is 6.37. The normalized spacial score (nSPS) is 15.7. The van der Waals surface area contributed by atoms with Crippen LogP contribution < -0.4 is 9.47 Å². The lowest BCUT2D eigenvalue weighted by atomic mass is 9.86. The molecule has 0 bridgehead atoms. The van der Waals surface area contributed by atoms with Crippen LogP contribution in [-0.4, -0.2) is 22.8 Å². The summed E-state index contributed by atoms with van der Waals surface area (Å²) in [6, 6.07) is 19.2. The van der Waals surface area contributed by atoms with Gasteiger partial charge in [-0.25, -0.2) is 0 Å². The Labute approximate surface area is 180 Å². The van der Waals surface area contributed by atoms with Crippen molar-refractivity contribution < 1.29 is 24.5 Å². The summed E-state index contributed by atoms with van der Waals surface area (Å²) in [5.41, 5.74) is 4.98. The lowest BCUT2D eigenvalue weighted by Gasteiger charge is -2.16. The second-order valence-electron chi connectivity index (χ2n) is 8.25. The van der Waals surface area contributed by atoms with E-state index in [4.69, 9.17) is 9.47 Å². The molecule has 0 radical (unpaired) electrons. The van der Waals surface area contributed by atoms with E-state index >= 15 is 0 Å². The Morgan fingerprint density at radius 3 is 2.29 bits per heavy atom. The van der Waals surface area contributed by atoms with E-state index in [2.05, 4.69) is 0 Å². The number of fused-ring (bicyclic) bond motifs is 1. The molecule has 5 nitrogen and oxygen atoms in total. The monoisotopic (exact) mass is 416 g/mol. The quantitative estimate of drug-likeness (QED) is 0.611. The van der Waals surface area contributed by atoms with Crippen molar-refractivity contribution in [1.82, 2.24) is 0 Å². The van der Waals surface area contributed by atoms with Crippen molar-refractivity contribution in [2.45, 2.75) is 37.9 Å². The van der Waals surface area contributed by atoms with Gasteiger partial charge in [-0.1, -0.05) is 48.5 Å². The second kappa shape index (κ2) is 7.84. The summed E-state index contributed by atoms with van der Waals surface area (Å²) >= 11 is 0. The average Bonchev–Trinajstić information content (AvgIpc) is 3.50. The molecular weight excluding hydrogens is 392 g/mol. The van der Waals surface area contributed by atoms with Gasteiger partial charge in [0.05, 0.1) is 18.6 Å². The van der Waals surface area contributed by atoms with Crippen molar-refractivity contribution in [3.05, 3.63) is 82.9 Å². The maximum atomic E-state index is 13.3. The zero-order valence-corrected chi connectivity index (χ0v) is 17.1. The zero-order chi connectivity index (χ0) is 21.4. The lowest BCUT2D eigenvalue weighted by Crippen LogP contribution is -2.22. The van der Waals surface area contributed by atoms with Crippen LogP contribution >= 0.6 is 0 Å². The van der Waals surface area contributed by atoms with Gasteiger partial charge >= 0.3 is 0 Å². The van der Waals surface area contributed by atoms with Crippen LogP contribution in [0, 0.1) is 0 Å². The molecule has 2 aliphatic rings. The first-order valence-electron chi connectivity index (χ1n) is 10.5. The SMILES string of the molecule is O=C(Cc1ccc(CO)c(-c2ccc(CO)cc2)c1)C1(c2ccc3c(c2)OCO3)CC1. The lowest BCUT2D eigenvalue weighted by molar-refractivity contribution is -0.120. The van der Waals surface area contributed by atoms with Crippen molar-refractivity contribution in [1.29, 1.82) is 0 Å². The molecule has 3 aromatic carbocycles. The van der Waals surface area contributed by atoms with E-state index in [0.717, 1.165) is 52.0 Å². The van der Waals surface area contributed by atoms with E-state index in [1.165, 1.54) is 0 Å². The molecule has 0 atom stereocenters. The van der Waals surface area contributed by atoms with E-state index in [9.17, 15) is 15.0 Å². The molecule has 0 aromatic heterocycles. The van der Waals surface area contributed by atoms with Crippen molar-refractivity contribution in [3.8, 4) is 22.6 Å². The summed E-state index contributed by atoms with van der Waals surface area (Å²) in [6.07, 6.45) is 2.02. The number of hydrogen-bond donors (Lipinski definition) is 2. The van der Waals surface area contributed by atoms with E-state index in [0.29, 0.717) is 12.2 Å². The minimum absolute atomic E-state index is 0.0103. The summed E-state index contributed by atoms with van der Waals surface area (Å²) in [4.78, 5) is 13.3. The molecule has 2 N–H and O–H groups in total. The van der Waals surface area contributed by atoms with E-state index in [-0.39, 0.29) is 25.8 Å². The standard InChI is InChI=1S/C26H24O5/c27-14-17-1-4-19(5-2-17)22-11-18(3-6-20(22)15-28)12-25(29)26(9-10-26)21-7-8-23-24(13-21)31-16-30-23/h1-8,11,13,27-28H,9-10,12,14-16H2. The van der Waals surface area contributed by atoms with E-state index in [1.54, 1.807) is 0 Å². The molecule has 1 fully saturated rings. The highest BCUT2D eigenvalue weighted by Crippen LogP contribution is 2.51. The highest BCUT2D eigenvalue weighted by atomic mass is 16.7. The van der Waals surface area contributed by atoms with Crippen molar-refractivity contribution in [2.24, 2.45) is 0 Å². The van der Waals surface area contributed by atoms with Crippen LogP contribution in [0.1, 0.15) is 35.1 Å². The van der Waals surface area contributed by atoms with Crippen molar-refractivity contribution in [2.75, 3.05) is 6.79 Å². The molecule has 1 saturated carbocycles. The highest BCUT2D eigenvalue weighted by Gasteiger charge is 2.50. The molecule has 31 heavy (non-hydrogen) atoms. The van der Waals surface area contributed by atoms with E-state index < -0.39 is 5.41 Å². The number of Topliss-reactive ketones (excluding diaryl/α,β-unsaturated/α-hetero) is 1. The number of ether oxygens (including phenoxy) is 2. The van der Waals surface area contributed by atoms with Crippen molar-refractivity contribution >= 4 is 5.78 Å². The molecule has 3 aromatic rings. The smallest absolute Gasteiger partial charge is 0.231 e. The van der Waals surface area contributed by atoms with E-state index in [1.807, 2.05) is 60.7 Å². The Bertz CT molecular complexity index is 1130. The fourth-order valence-corrected chi connectivity index (χ4v) is 4.33. The van der Waals surface area contributed by atoms with Gasteiger partial charge in [0.15, 0.2) is 11.5 Å². The van der Waals surface area contributed by atoms with Gasteiger partial charge in [-0.05, 0) is 58.4 Å². The number of carbonyl (C=O) groups is 1. The second-order valence-corrected chi connectivity index (χ2v) is 8.25. The number of benzene rings is 3. The average molecular weight is 416 g/mol. The third kappa shape index (κ3) is 3.60. The Kier molecular flexibility index (Phi) is 5.00. The van der Waals surface area contributed by atoms with Crippen LogP contribution in [-0.2, 0) is 29.8 Å². The first-order valence-corrected chi connectivity index (χ1v) is 10.5. The van der Waals surface area contributed by atoms with Crippen LogP contribution in [0.5, 0.6) is 11.5 Å². The summed E-state index contributed by atoms with van der Waals surface area (Å²) in [5, 5.41) is 19.1. The molecule has 1 heterocycles. The summed E-state index contributed by atoms with van der Waals surface area (Å²) < 4.78 is 10.9. The predicted molar refractivity (Wildman–Crippen MR) is 116 cm³/mol. The van der Waals surface area contributed by atoms with Crippen LogP contribution in [0.2, 0.25) is 0 Å². The number of carbonyl (C=O) groups excluding carboxylic acids is 1. The Morgan fingerprint density at radius 1 is 0.839 bits per heavy atom. The van der Waals surface area contributed by atoms with Gasteiger partial charge in [-0.2, -0.15) is 0 Å². The van der Waals surface area contributed by atoms with Gasteiger partial charge in [-0.15, -0.1) is 0 Å². The van der Waals surface area contributed by atoms with Gasteiger partial charge in [0.2, 0.25) is 6.79 Å². The molecule has 158 valence electrons. The molecule has 1 aliphatic carbocycles. The Hall–Kier alpha value is -3.15.